The molecule has 0 bridgehead atoms. The Morgan fingerprint density at radius 1 is 1.04 bits per heavy atom. The lowest BCUT2D eigenvalue weighted by atomic mass is 10.1. The van der Waals surface area contributed by atoms with Gasteiger partial charge in [0.15, 0.2) is 0 Å². The number of rotatable bonds is 7. The Morgan fingerprint density at radius 2 is 1.79 bits per heavy atom. The summed E-state index contributed by atoms with van der Waals surface area (Å²) in [5, 5.41) is 3.48. The Hall–Kier alpha value is -3.32. The second kappa shape index (κ2) is 9.57. The van der Waals surface area contributed by atoms with Crippen LogP contribution in [0, 0.1) is 0 Å². The summed E-state index contributed by atoms with van der Waals surface area (Å²) in [6.07, 6.45) is 2.29. The molecular weight excluding hydrogens is 356 g/mol. The standard InChI is InChI=1S/C21H24N4O3/c1-15(16-8-3-2-4-9-16)28-13-7-12-22-21(27)25-24-20(26)18-14-23-19-11-6-5-10-17(18)19/h2-6,8-11,14-15,23H,7,12-13H2,1H3,(H,24,26)(H2,22,25,27). The van der Waals surface area contributed by atoms with E-state index < -0.39 is 6.03 Å². The van der Waals surface area contributed by atoms with Crippen LogP contribution in [0.25, 0.3) is 10.9 Å². The number of ether oxygens (including phenoxy) is 1. The van der Waals surface area contributed by atoms with E-state index in [1.807, 2.05) is 61.5 Å². The smallest absolute Gasteiger partial charge is 0.333 e. The van der Waals surface area contributed by atoms with Gasteiger partial charge in [-0.15, -0.1) is 0 Å². The number of benzene rings is 2. The average molecular weight is 380 g/mol. The van der Waals surface area contributed by atoms with E-state index >= 15 is 0 Å². The minimum atomic E-state index is -0.468. The van der Waals surface area contributed by atoms with E-state index in [-0.39, 0.29) is 12.0 Å². The number of H-pyrrole nitrogens is 1. The number of para-hydroxylation sites is 1. The third-order valence-electron chi connectivity index (χ3n) is 4.37. The lowest BCUT2D eigenvalue weighted by Crippen LogP contribution is -2.47. The number of carbonyl (C=O) groups excluding carboxylic acids is 2. The zero-order valence-electron chi connectivity index (χ0n) is 15.7. The van der Waals surface area contributed by atoms with Gasteiger partial charge in [-0.3, -0.25) is 10.2 Å². The zero-order valence-corrected chi connectivity index (χ0v) is 15.7. The maximum Gasteiger partial charge on any atom is 0.333 e. The summed E-state index contributed by atoms with van der Waals surface area (Å²) in [5.41, 5.74) is 7.22. The van der Waals surface area contributed by atoms with Crippen LogP contribution in [0.5, 0.6) is 0 Å². The Kier molecular flexibility index (Phi) is 6.64. The van der Waals surface area contributed by atoms with E-state index in [1.54, 1.807) is 6.20 Å². The van der Waals surface area contributed by atoms with Crippen molar-refractivity contribution in [1.29, 1.82) is 0 Å². The molecule has 7 nitrogen and oxygen atoms in total. The van der Waals surface area contributed by atoms with Gasteiger partial charge in [0.05, 0.1) is 11.7 Å². The van der Waals surface area contributed by atoms with Gasteiger partial charge in [0.25, 0.3) is 5.91 Å². The molecule has 146 valence electrons. The number of carbonyl (C=O) groups is 2. The van der Waals surface area contributed by atoms with E-state index in [2.05, 4.69) is 21.2 Å². The normalized spacial score (nSPS) is 11.8. The summed E-state index contributed by atoms with van der Waals surface area (Å²) in [7, 11) is 0. The highest BCUT2D eigenvalue weighted by Gasteiger charge is 2.12. The van der Waals surface area contributed by atoms with Gasteiger partial charge in [-0.25, -0.2) is 10.2 Å². The first-order valence-corrected chi connectivity index (χ1v) is 9.22. The van der Waals surface area contributed by atoms with E-state index in [1.165, 1.54) is 0 Å². The molecule has 0 aliphatic rings. The van der Waals surface area contributed by atoms with Gasteiger partial charge in [-0.1, -0.05) is 48.5 Å². The molecule has 0 saturated carbocycles. The predicted octanol–water partition coefficient (Wildman–Crippen LogP) is 3.28. The average Bonchev–Trinajstić information content (AvgIpc) is 3.16. The number of hydrogen-bond donors (Lipinski definition) is 4. The van der Waals surface area contributed by atoms with Crippen LogP contribution in [0.1, 0.15) is 35.4 Å². The Bertz CT molecular complexity index is 924. The van der Waals surface area contributed by atoms with E-state index in [4.69, 9.17) is 4.74 Å². The van der Waals surface area contributed by atoms with Crippen LogP contribution in [0.15, 0.2) is 60.8 Å². The van der Waals surface area contributed by atoms with Crippen molar-refractivity contribution in [2.24, 2.45) is 0 Å². The first-order valence-electron chi connectivity index (χ1n) is 9.22. The van der Waals surface area contributed by atoms with Crippen molar-refractivity contribution in [3.05, 3.63) is 71.9 Å². The fraction of sp³-hybridized carbons (Fsp3) is 0.238. The van der Waals surface area contributed by atoms with Crippen LogP contribution in [-0.4, -0.2) is 30.1 Å². The van der Waals surface area contributed by atoms with Gasteiger partial charge in [0.1, 0.15) is 0 Å². The number of amides is 3. The Labute approximate surface area is 163 Å². The second-order valence-electron chi connectivity index (χ2n) is 6.36. The van der Waals surface area contributed by atoms with Gasteiger partial charge in [0, 0.05) is 30.3 Å². The summed E-state index contributed by atoms with van der Waals surface area (Å²) < 4.78 is 5.75. The lowest BCUT2D eigenvalue weighted by molar-refractivity contribution is 0.0643. The summed E-state index contributed by atoms with van der Waals surface area (Å²) in [4.78, 5) is 27.1. The molecule has 0 aliphatic heterocycles. The molecule has 3 rings (SSSR count). The maximum atomic E-state index is 12.2. The van der Waals surface area contributed by atoms with Crippen LogP contribution < -0.4 is 16.2 Å². The third kappa shape index (κ3) is 5.11. The highest BCUT2D eigenvalue weighted by atomic mass is 16.5. The van der Waals surface area contributed by atoms with Crippen LogP contribution in [0.4, 0.5) is 4.79 Å². The largest absolute Gasteiger partial charge is 0.374 e. The number of aromatic nitrogens is 1. The van der Waals surface area contributed by atoms with Gasteiger partial charge in [-0.05, 0) is 25.0 Å². The third-order valence-corrected chi connectivity index (χ3v) is 4.37. The molecule has 3 amide bonds. The SMILES string of the molecule is CC(OCCCNC(=O)NNC(=O)c1c[nH]c2ccccc12)c1ccccc1. The zero-order chi connectivity index (χ0) is 19.8. The highest BCUT2D eigenvalue weighted by molar-refractivity contribution is 6.06. The summed E-state index contributed by atoms with van der Waals surface area (Å²) in [5.74, 6) is -0.382. The molecule has 3 aromatic rings. The van der Waals surface area contributed by atoms with Crippen molar-refractivity contribution in [1.82, 2.24) is 21.2 Å². The second-order valence-corrected chi connectivity index (χ2v) is 6.36. The molecule has 0 aliphatic carbocycles. The number of nitrogens with one attached hydrogen (secondary N) is 4. The molecule has 0 spiro atoms. The molecule has 0 fully saturated rings. The van der Waals surface area contributed by atoms with Crippen molar-refractivity contribution < 1.29 is 14.3 Å². The monoisotopic (exact) mass is 380 g/mol. The van der Waals surface area contributed by atoms with Crippen LogP contribution in [-0.2, 0) is 4.74 Å². The molecule has 4 N–H and O–H groups in total. The minimum absolute atomic E-state index is 0.00508. The molecule has 0 radical (unpaired) electrons. The van der Waals surface area contributed by atoms with Crippen molar-refractivity contribution >= 4 is 22.8 Å². The molecule has 1 heterocycles. The Balaban J connectivity index is 1.33. The van der Waals surface area contributed by atoms with E-state index in [0.29, 0.717) is 25.1 Å². The topological polar surface area (TPSA) is 95.2 Å². The number of fused-ring (bicyclic) bond motifs is 1. The molecule has 1 unspecified atom stereocenters. The first kappa shape index (κ1) is 19.4. The van der Waals surface area contributed by atoms with Gasteiger partial charge < -0.3 is 15.0 Å². The molecular formula is C21H24N4O3. The lowest BCUT2D eigenvalue weighted by Gasteiger charge is -2.13. The fourth-order valence-electron chi connectivity index (χ4n) is 2.84. The highest BCUT2D eigenvalue weighted by Crippen LogP contribution is 2.17. The molecule has 1 aromatic heterocycles. The van der Waals surface area contributed by atoms with Crippen LogP contribution in [0.2, 0.25) is 0 Å². The van der Waals surface area contributed by atoms with Gasteiger partial charge in [-0.2, -0.15) is 0 Å². The van der Waals surface area contributed by atoms with Crippen molar-refractivity contribution in [3.63, 3.8) is 0 Å². The number of urea groups is 1. The first-order chi connectivity index (χ1) is 13.6. The predicted molar refractivity (Wildman–Crippen MR) is 108 cm³/mol. The van der Waals surface area contributed by atoms with Crippen LogP contribution in [0.3, 0.4) is 0 Å². The van der Waals surface area contributed by atoms with Gasteiger partial charge in [0.2, 0.25) is 0 Å². The number of hydrogen-bond acceptors (Lipinski definition) is 3. The van der Waals surface area contributed by atoms with E-state index in [0.717, 1.165) is 16.5 Å². The van der Waals surface area contributed by atoms with E-state index in [9.17, 15) is 9.59 Å². The summed E-state index contributed by atoms with van der Waals surface area (Å²) >= 11 is 0. The molecule has 1 atom stereocenters. The number of aromatic amines is 1. The summed E-state index contributed by atoms with van der Waals surface area (Å²) in [6, 6.07) is 17.0. The van der Waals surface area contributed by atoms with Crippen molar-refractivity contribution in [2.75, 3.05) is 13.2 Å². The fourth-order valence-corrected chi connectivity index (χ4v) is 2.84. The molecule has 7 heteroatoms. The Morgan fingerprint density at radius 3 is 2.61 bits per heavy atom. The maximum absolute atomic E-state index is 12.2. The molecule has 2 aromatic carbocycles. The molecule has 0 saturated heterocycles. The van der Waals surface area contributed by atoms with Gasteiger partial charge >= 0.3 is 6.03 Å². The minimum Gasteiger partial charge on any atom is -0.374 e. The van der Waals surface area contributed by atoms with Crippen molar-refractivity contribution in [2.45, 2.75) is 19.4 Å². The summed E-state index contributed by atoms with van der Waals surface area (Å²) in [6.45, 7) is 2.96. The number of hydrazine groups is 1. The molecule has 28 heavy (non-hydrogen) atoms. The quantitative estimate of drug-likeness (QED) is 0.374. The van der Waals surface area contributed by atoms with Crippen LogP contribution >= 0.6 is 0 Å². The van der Waals surface area contributed by atoms with Crippen molar-refractivity contribution in [3.8, 4) is 0 Å².